The topological polar surface area (TPSA) is 88.0 Å². The van der Waals surface area contributed by atoms with Gasteiger partial charge in [0.2, 0.25) is 0 Å². The minimum Gasteiger partial charge on any atom is -0.480 e. The molecule has 2 aromatic heterocycles. The van der Waals surface area contributed by atoms with Gasteiger partial charge in [-0.05, 0) is 31.4 Å². The van der Waals surface area contributed by atoms with Crippen molar-refractivity contribution in [1.29, 1.82) is 0 Å². The Balaban J connectivity index is 2.28. The van der Waals surface area contributed by atoms with Gasteiger partial charge in [0.1, 0.15) is 11.9 Å². The zero-order valence-corrected chi connectivity index (χ0v) is 12.9. The smallest absolute Gasteiger partial charge is 0.326 e. The van der Waals surface area contributed by atoms with Crippen LogP contribution in [0.25, 0.3) is 11.4 Å². The lowest BCUT2D eigenvalue weighted by atomic mass is 10.0. The van der Waals surface area contributed by atoms with E-state index >= 15 is 0 Å². The van der Waals surface area contributed by atoms with Gasteiger partial charge in [-0.25, -0.2) is 14.8 Å². The normalized spacial score (nSPS) is 12.2. The SMILES string of the molecule is Cc1cc(NC(CC(C)C)C(=O)O)nc(-c2cccnc2)n1. The Morgan fingerprint density at radius 1 is 1.36 bits per heavy atom. The van der Waals surface area contributed by atoms with Crippen molar-refractivity contribution >= 4 is 11.8 Å². The maximum absolute atomic E-state index is 11.4. The van der Waals surface area contributed by atoms with Crippen LogP contribution in [0.5, 0.6) is 0 Å². The molecule has 0 aromatic carbocycles. The molecule has 2 rings (SSSR count). The number of aromatic nitrogens is 3. The van der Waals surface area contributed by atoms with E-state index in [0.29, 0.717) is 18.1 Å². The lowest BCUT2D eigenvalue weighted by molar-refractivity contribution is -0.138. The van der Waals surface area contributed by atoms with E-state index in [-0.39, 0.29) is 5.92 Å². The maximum atomic E-state index is 11.4. The molecule has 0 bridgehead atoms. The predicted octanol–water partition coefficient (Wildman–Crippen LogP) is 2.76. The van der Waals surface area contributed by atoms with Crippen molar-refractivity contribution in [3.8, 4) is 11.4 Å². The number of aryl methyl sites for hydroxylation is 1. The third-order valence-electron chi connectivity index (χ3n) is 3.10. The second-order valence-electron chi connectivity index (χ2n) is 5.62. The van der Waals surface area contributed by atoms with Crippen LogP contribution in [0, 0.1) is 12.8 Å². The number of anilines is 1. The summed E-state index contributed by atoms with van der Waals surface area (Å²) < 4.78 is 0. The summed E-state index contributed by atoms with van der Waals surface area (Å²) in [6, 6.07) is 4.76. The molecular formula is C16H20N4O2. The summed E-state index contributed by atoms with van der Waals surface area (Å²) in [5, 5.41) is 12.3. The van der Waals surface area contributed by atoms with Crippen LogP contribution in [-0.2, 0) is 4.79 Å². The van der Waals surface area contributed by atoms with Crippen molar-refractivity contribution in [3.05, 3.63) is 36.3 Å². The number of hydrogen-bond acceptors (Lipinski definition) is 5. The molecule has 6 nitrogen and oxygen atoms in total. The van der Waals surface area contributed by atoms with Gasteiger partial charge >= 0.3 is 5.97 Å². The number of carbonyl (C=O) groups is 1. The first kappa shape index (κ1) is 15.9. The third-order valence-corrected chi connectivity index (χ3v) is 3.10. The average Bonchev–Trinajstić information content (AvgIpc) is 2.46. The first-order chi connectivity index (χ1) is 10.5. The van der Waals surface area contributed by atoms with E-state index < -0.39 is 12.0 Å². The molecule has 0 amide bonds. The van der Waals surface area contributed by atoms with E-state index in [9.17, 15) is 9.90 Å². The van der Waals surface area contributed by atoms with E-state index in [1.165, 1.54) is 0 Å². The Bertz CT molecular complexity index is 644. The Morgan fingerprint density at radius 3 is 2.73 bits per heavy atom. The maximum Gasteiger partial charge on any atom is 0.326 e. The van der Waals surface area contributed by atoms with E-state index in [2.05, 4.69) is 20.3 Å². The molecule has 1 unspecified atom stereocenters. The van der Waals surface area contributed by atoms with Gasteiger partial charge in [-0.15, -0.1) is 0 Å². The van der Waals surface area contributed by atoms with Crippen LogP contribution in [-0.4, -0.2) is 32.1 Å². The fraction of sp³-hybridized carbons (Fsp3) is 0.375. The molecule has 0 aliphatic heterocycles. The molecule has 0 aliphatic rings. The van der Waals surface area contributed by atoms with Gasteiger partial charge in [-0.1, -0.05) is 13.8 Å². The summed E-state index contributed by atoms with van der Waals surface area (Å²) in [6.07, 6.45) is 3.89. The minimum atomic E-state index is -0.882. The number of nitrogens with zero attached hydrogens (tertiary/aromatic N) is 3. The Kier molecular flexibility index (Phi) is 5.04. The average molecular weight is 300 g/mol. The molecule has 2 heterocycles. The molecule has 2 aromatic rings. The van der Waals surface area contributed by atoms with Crippen LogP contribution in [0.2, 0.25) is 0 Å². The molecule has 0 fully saturated rings. The van der Waals surface area contributed by atoms with Crippen LogP contribution >= 0.6 is 0 Å². The second kappa shape index (κ2) is 6.98. The monoisotopic (exact) mass is 300 g/mol. The molecule has 22 heavy (non-hydrogen) atoms. The van der Waals surface area contributed by atoms with Gasteiger partial charge in [0, 0.05) is 29.7 Å². The third kappa shape index (κ3) is 4.25. The molecule has 0 radical (unpaired) electrons. The zero-order valence-electron chi connectivity index (χ0n) is 12.9. The van der Waals surface area contributed by atoms with Gasteiger partial charge in [0.15, 0.2) is 5.82 Å². The first-order valence-corrected chi connectivity index (χ1v) is 7.21. The first-order valence-electron chi connectivity index (χ1n) is 7.21. The summed E-state index contributed by atoms with van der Waals surface area (Å²) in [4.78, 5) is 24.2. The Morgan fingerprint density at radius 2 is 2.14 bits per heavy atom. The number of carboxylic acid groups (broad SMARTS) is 1. The molecule has 0 saturated carbocycles. The van der Waals surface area contributed by atoms with Gasteiger partial charge in [0.25, 0.3) is 0 Å². The lowest BCUT2D eigenvalue weighted by Crippen LogP contribution is -2.31. The van der Waals surface area contributed by atoms with Crippen LogP contribution in [0.4, 0.5) is 5.82 Å². The standard InChI is InChI=1S/C16H20N4O2/c1-10(2)7-13(16(21)22)19-14-8-11(3)18-15(20-14)12-5-4-6-17-9-12/h4-6,8-10,13H,7H2,1-3H3,(H,21,22)(H,18,19,20). The largest absolute Gasteiger partial charge is 0.480 e. The summed E-state index contributed by atoms with van der Waals surface area (Å²) in [6.45, 7) is 5.83. The molecule has 1 atom stereocenters. The van der Waals surface area contributed by atoms with Gasteiger partial charge in [0.05, 0.1) is 0 Å². The Hall–Kier alpha value is -2.50. The second-order valence-corrected chi connectivity index (χ2v) is 5.62. The van der Waals surface area contributed by atoms with Crippen LogP contribution in [0.1, 0.15) is 26.0 Å². The minimum absolute atomic E-state index is 0.273. The van der Waals surface area contributed by atoms with Gasteiger partial charge in [-0.2, -0.15) is 0 Å². The summed E-state index contributed by atoms with van der Waals surface area (Å²) in [5.41, 5.74) is 1.56. The number of carboxylic acids is 1. The van der Waals surface area contributed by atoms with Gasteiger partial charge < -0.3 is 10.4 Å². The van der Waals surface area contributed by atoms with E-state index in [1.807, 2.05) is 32.9 Å². The highest BCUT2D eigenvalue weighted by Gasteiger charge is 2.19. The number of nitrogens with one attached hydrogen (secondary N) is 1. The number of hydrogen-bond donors (Lipinski definition) is 2. The number of rotatable bonds is 6. The molecule has 6 heteroatoms. The highest BCUT2D eigenvalue weighted by molar-refractivity contribution is 5.77. The van der Waals surface area contributed by atoms with Crippen molar-refractivity contribution in [1.82, 2.24) is 15.0 Å². The van der Waals surface area contributed by atoms with E-state index in [1.54, 1.807) is 18.5 Å². The predicted molar refractivity (Wildman–Crippen MR) is 84.5 cm³/mol. The fourth-order valence-electron chi connectivity index (χ4n) is 2.14. The van der Waals surface area contributed by atoms with Crippen molar-refractivity contribution in [2.24, 2.45) is 5.92 Å². The van der Waals surface area contributed by atoms with Crippen molar-refractivity contribution < 1.29 is 9.90 Å². The summed E-state index contributed by atoms with van der Waals surface area (Å²) in [7, 11) is 0. The van der Waals surface area contributed by atoms with Crippen molar-refractivity contribution in [2.75, 3.05) is 5.32 Å². The highest BCUT2D eigenvalue weighted by atomic mass is 16.4. The summed E-state index contributed by atoms with van der Waals surface area (Å²) in [5.74, 6) is 0.436. The molecule has 0 saturated heterocycles. The molecular weight excluding hydrogens is 280 g/mol. The molecule has 0 aliphatic carbocycles. The van der Waals surface area contributed by atoms with Crippen LogP contribution in [0.3, 0.4) is 0 Å². The molecule has 2 N–H and O–H groups in total. The van der Waals surface area contributed by atoms with Crippen LogP contribution in [0.15, 0.2) is 30.6 Å². The molecule has 0 spiro atoms. The lowest BCUT2D eigenvalue weighted by Gasteiger charge is -2.17. The van der Waals surface area contributed by atoms with Gasteiger partial charge in [-0.3, -0.25) is 4.98 Å². The fourth-order valence-corrected chi connectivity index (χ4v) is 2.14. The number of aliphatic carboxylic acids is 1. The zero-order chi connectivity index (χ0) is 16.1. The van der Waals surface area contributed by atoms with E-state index in [4.69, 9.17) is 0 Å². The van der Waals surface area contributed by atoms with Crippen molar-refractivity contribution in [3.63, 3.8) is 0 Å². The molecule has 116 valence electrons. The number of pyridine rings is 1. The van der Waals surface area contributed by atoms with E-state index in [0.717, 1.165) is 11.3 Å². The Labute approximate surface area is 129 Å². The van der Waals surface area contributed by atoms with Crippen molar-refractivity contribution in [2.45, 2.75) is 33.2 Å². The summed E-state index contributed by atoms with van der Waals surface area (Å²) >= 11 is 0. The quantitative estimate of drug-likeness (QED) is 0.853. The highest BCUT2D eigenvalue weighted by Crippen LogP contribution is 2.18. The van der Waals surface area contributed by atoms with Crippen LogP contribution < -0.4 is 5.32 Å².